The Bertz CT molecular complexity index is 756. The average molecular weight is 318 g/mol. The molecule has 2 aromatic rings. The second-order valence-corrected chi connectivity index (χ2v) is 5.25. The molecule has 0 bridgehead atoms. The SMILES string of the molecule is Cc1cc(C)c(CNC(=O)CCOc2ccccc2F)c(=O)[nH]1. The Morgan fingerprint density at radius 3 is 2.74 bits per heavy atom. The quantitative estimate of drug-likeness (QED) is 0.858. The molecule has 1 amide bonds. The summed E-state index contributed by atoms with van der Waals surface area (Å²) in [6, 6.07) is 7.87. The van der Waals surface area contributed by atoms with Crippen molar-refractivity contribution in [3.8, 4) is 5.75 Å². The monoisotopic (exact) mass is 318 g/mol. The number of aromatic amines is 1. The molecule has 6 heteroatoms. The zero-order valence-electron chi connectivity index (χ0n) is 13.1. The van der Waals surface area contributed by atoms with Gasteiger partial charge >= 0.3 is 0 Å². The van der Waals surface area contributed by atoms with Gasteiger partial charge in [0.1, 0.15) is 0 Å². The molecule has 2 rings (SSSR count). The molecule has 0 radical (unpaired) electrons. The van der Waals surface area contributed by atoms with Crippen molar-refractivity contribution in [2.75, 3.05) is 6.61 Å². The van der Waals surface area contributed by atoms with Crippen molar-refractivity contribution in [3.63, 3.8) is 0 Å². The van der Waals surface area contributed by atoms with Crippen molar-refractivity contribution < 1.29 is 13.9 Å². The van der Waals surface area contributed by atoms with Gasteiger partial charge in [0.2, 0.25) is 5.91 Å². The van der Waals surface area contributed by atoms with Crippen LogP contribution in [0.5, 0.6) is 5.75 Å². The van der Waals surface area contributed by atoms with Crippen LogP contribution in [0.1, 0.15) is 23.2 Å². The number of nitrogens with one attached hydrogen (secondary N) is 2. The third-order valence-electron chi connectivity index (χ3n) is 3.38. The summed E-state index contributed by atoms with van der Waals surface area (Å²) in [5.74, 6) is -0.610. The molecule has 0 unspecified atom stereocenters. The minimum absolute atomic E-state index is 0.0655. The molecule has 1 aromatic heterocycles. The highest BCUT2D eigenvalue weighted by atomic mass is 19.1. The zero-order chi connectivity index (χ0) is 16.8. The standard InChI is InChI=1S/C17H19FN2O3/c1-11-9-12(2)20-17(22)13(11)10-19-16(21)7-8-23-15-6-4-3-5-14(15)18/h3-6,9H,7-8,10H2,1-2H3,(H,19,21)(H,20,22). The number of aromatic nitrogens is 1. The van der Waals surface area contributed by atoms with Crippen LogP contribution in [-0.4, -0.2) is 17.5 Å². The number of H-pyrrole nitrogens is 1. The van der Waals surface area contributed by atoms with E-state index in [4.69, 9.17) is 4.74 Å². The van der Waals surface area contributed by atoms with Gasteiger partial charge in [0.25, 0.3) is 5.56 Å². The van der Waals surface area contributed by atoms with Gasteiger partial charge in [-0.3, -0.25) is 9.59 Å². The first-order valence-corrected chi connectivity index (χ1v) is 7.31. The minimum atomic E-state index is -0.463. The summed E-state index contributed by atoms with van der Waals surface area (Å²) < 4.78 is 18.6. The molecule has 0 fully saturated rings. The maximum atomic E-state index is 13.3. The van der Waals surface area contributed by atoms with Crippen LogP contribution in [0.25, 0.3) is 0 Å². The number of benzene rings is 1. The van der Waals surface area contributed by atoms with Crippen LogP contribution in [0.15, 0.2) is 35.1 Å². The summed E-state index contributed by atoms with van der Waals surface area (Å²) in [7, 11) is 0. The van der Waals surface area contributed by atoms with E-state index in [9.17, 15) is 14.0 Å². The normalized spacial score (nSPS) is 10.4. The molecule has 23 heavy (non-hydrogen) atoms. The Hall–Kier alpha value is -2.63. The lowest BCUT2D eigenvalue weighted by Crippen LogP contribution is -2.28. The van der Waals surface area contributed by atoms with Crippen LogP contribution in [0.3, 0.4) is 0 Å². The molecule has 0 aliphatic heterocycles. The first-order chi connectivity index (χ1) is 11.0. The summed E-state index contributed by atoms with van der Waals surface area (Å²) in [5.41, 5.74) is 1.93. The topological polar surface area (TPSA) is 71.2 Å². The maximum absolute atomic E-state index is 13.3. The molecule has 0 spiro atoms. The van der Waals surface area contributed by atoms with E-state index in [1.807, 2.05) is 13.0 Å². The van der Waals surface area contributed by atoms with Crippen LogP contribution >= 0.6 is 0 Å². The fourth-order valence-corrected chi connectivity index (χ4v) is 2.19. The number of carbonyl (C=O) groups is 1. The van der Waals surface area contributed by atoms with Gasteiger partial charge in [-0.05, 0) is 37.6 Å². The lowest BCUT2D eigenvalue weighted by atomic mass is 10.1. The second-order valence-electron chi connectivity index (χ2n) is 5.25. The van der Waals surface area contributed by atoms with Gasteiger partial charge in [0.05, 0.1) is 13.0 Å². The Morgan fingerprint density at radius 1 is 1.30 bits per heavy atom. The Balaban J connectivity index is 1.82. The highest BCUT2D eigenvalue weighted by Crippen LogP contribution is 2.15. The van der Waals surface area contributed by atoms with E-state index in [1.54, 1.807) is 19.1 Å². The van der Waals surface area contributed by atoms with E-state index in [0.29, 0.717) is 5.56 Å². The predicted octanol–water partition coefficient (Wildman–Crippen LogP) is 2.22. The van der Waals surface area contributed by atoms with E-state index in [2.05, 4.69) is 10.3 Å². The number of hydrogen-bond donors (Lipinski definition) is 2. The fraction of sp³-hybridized carbons (Fsp3) is 0.294. The smallest absolute Gasteiger partial charge is 0.253 e. The van der Waals surface area contributed by atoms with Gasteiger partial charge in [-0.1, -0.05) is 12.1 Å². The zero-order valence-corrected chi connectivity index (χ0v) is 13.1. The summed E-state index contributed by atoms with van der Waals surface area (Å²) >= 11 is 0. The van der Waals surface area contributed by atoms with E-state index in [1.165, 1.54) is 12.1 Å². The van der Waals surface area contributed by atoms with Crippen LogP contribution < -0.4 is 15.6 Å². The number of aryl methyl sites for hydroxylation is 2. The Morgan fingerprint density at radius 2 is 2.04 bits per heavy atom. The van der Waals surface area contributed by atoms with E-state index < -0.39 is 5.82 Å². The summed E-state index contributed by atoms with van der Waals surface area (Å²) in [6.45, 7) is 3.85. The molecule has 0 saturated heterocycles. The average Bonchev–Trinajstić information content (AvgIpc) is 2.48. The lowest BCUT2D eigenvalue weighted by molar-refractivity contribution is -0.121. The first-order valence-electron chi connectivity index (χ1n) is 7.31. The molecule has 0 atom stereocenters. The largest absolute Gasteiger partial charge is 0.490 e. The third-order valence-corrected chi connectivity index (χ3v) is 3.38. The van der Waals surface area contributed by atoms with Crippen molar-refractivity contribution in [2.45, 2.75) is 26.8 Å². The van der Waals surface area contributed by atoms with E-state index >= 15 is 0 Å². The molecule has 0 aliphatic rings. The van der Waals surface area contributed by atoms with Gasteiger partial charge in [-0.15, -0.1) is 0 Å². The number of ether oxygens (including phenoxy) is 1. The van der Waals surface area contributed by atoms with Gasteiger partial charge < -0.3 is 15.0 Å². The van der Waals surface area contributed by atoms with Gasteiger partial charge in [-0.2, -0.15) is 0 Å². The number of amides is 1. The number of carbonyl (C=O) groups excluding carboxylic acids is 1. The summed E-state index contributed by atoms with van der Waals surface area (Å²) in [5, 5.41) is 2.67. The third kappa shape index (κ3) is 4.67. The molecule has 2 N–H and O–H groups in total. The fourth-order valence-electron chi connectivity index (χ4n) is 2.19. The predicted molar refractivity (Wildman–Crippen MR) is 84.9 cm³/mol. The highest BCUT2D eigenvalue weighted by molar-refractivity contribution is 5.76. The molecular weight excluding hydrogens is 299 g/mol. The lowest BCUT2D eigenvalue weighted by Gasteiger charge is -2.09. The molecule has 1 aromatic carbocycles. The second kappa shape index (κ2) is 7.58. The molecule has 1 heterocycles. The maximum Gasteiger partial charge on any atom is 0.253 e. The molecule has 0 aliphatic carbocycles. The van der Waals surface area contributed by atoms with Crippen molar-refractivity contribution in [1.29, 1.82) is 0 Å². The first kappa shape index (κ1) is 16.7. The van der Waals surface area contributed by atoms with Crippen LogP contribution in [0.2, 0.25) is 0 Å². The number of hydrogen-bond acceptors (Lipinski definition) is 3. The number of pyridine rings is 1. The number of halogens is 1. The summed E-state index contributed by atoms with van der Waals surface area (Å²) in [6.07, 6.45) is 0.0805. The van der Waals surface area contributed by atoms with Gasteiger partial charge in [0, 0.05) is 17.8 Å². The van der Waals surface area contributed by atoms with Crippen LogP contribution in [0, 0.1) is 19.7 Å². The van der Waals surface area contributed by atoms with E-state index in [-0.39, 0.29) is 36.8 Å². The number of rotatable bonds is 6. The minimum Gasteiger partial charge on any atom is -0.490 e. The molecule has 0 saturated carbocycles. The molecular formula is C17H19FN2O3. The molecule has 5 nitrogen and oxygen atoms in total. The number of para-hydroxylation sites is 1. The van der Waals surface area contributed by atoms with Gasteiger partial charge in [0.15, 0.2) is 11.6 Å². The van der Waals surface area contributed by atoms with Crippen molar-refractivity contribution >= 4 is 5.91 Å². The molecule has 122 valence electrons. The van der Waals surface area contributed by atoms with Crippen molar-refractivity contribution in [1.82, 2.24) is 10.3 Å². The van der Waals surface area contributed by atoms with Crippen LogP contribution in [0.4, 0.5) is 4.39 Å². The van der Waals surface area contributed by atoms with Crippen LogP contribution in [-0.2, 0) is 11.3 Å². The van der Waals surface area contributed by atoms with Crippen molar-refractivity contribution in [2.24, 2.45) is 0 Å². The van der Waals surface area contributed by atoms with E-state index in [0.717, 1.165) is 11.3 Å². The Labute approximate surface area is 133 Å². The summed E-state index contributed by atoms with van der Waals surface area (Å²) in [4.78, 5) is 26.3. The highest BCUT2D eigenvalue weighted by Gasteiger charge is 2.08. The van der Waals surface area contributed by atoms with Crippen molar-refractivity contribution in [3.05, 3.63) is 63.3 Å². The van der Waals surface area contributed by atoms with Gasteiger partial charge in [-0.25, -0.2) is 4.39 Å². The Kier molecular flexibility index (Phi) is 5.51.